The molecule has 6 heteroatoms. The molecule has 0 saturated heterocycles. The van der Waals surface area contributed by atoms with Crippen molar-refractivity contribution < 1.29 is 19.0 Å². The van der Waals surface area contributed by atoms with Crippen LogP contribution in [0.5, 0.6) is 23.0 Å². The minimum Gasteiger partial charge on any atom is -0.493 e. The third-order valence-corrected chi connectivity index (χ3v) is 4.97. The van der Waals surface area contributed by atoms with Gasteiger partial charge in [0.2, 0.25) is 0 Å². The van der Waals surface area contributed by atoms with Crippen LogP contribution in [0.25, 0.3) is 0 Å². The first-order valence-corrected chi connectivity index (χ1v) is 10.9. The maximum absolute atomic E-state index is 12.1. The van der Waals surface area contributed by atoms with Crippen LogP contribution in [-0.4, -0.2) is 19.6 Å². The number of methoxy groups -OCH3 is 1. The summed E-state index contributed by atoms with van der Waals surface area (Å²) in [7, 11) is 1.58. The normalized spacial score (nSPS) is 10.3. The number of carbonyl (C=O) groups is 1. The summed E-state index contributed by atoms with van der Waals surface area (Å²) in [5, 5.41) is 6.18. The van der Waals surface area contributed by atoms with Crippen LogP contribution in [0.4, 0.5) is 11.4 Å². The lowest BCUT2D eigenvalue weighted by atomic mass is 10.2. The first-order chi connectivity index (χ1) is 16.7. The van der Waals surface area contributed by atoms with E-state index in [1.165, 1.54) is 0 Å². The highest BCUT2D eigenvalue weighted by molar-refractivity contribution is 5.91. The molecule has 172 valence electrons. The van der Waals surface area contributed by atoms with Crippen molar-refractivity contribution in [2.45, 2.75) is 6.54 Å². The molecule has 0 saturated carbocycles. The van der Waals surface area contributed by atoms with Gasteiger partial charge >= 0.3 is 0 Å². The van der Waals surface area contributed by atoms with Gasteiger partial charge in [-0.2, -0.15) is 0 Å². The van der Waals surface area contributed by atoms with Crippen molar-refractivity contribution in [2.24, 2.45) is 0 Å². The van der Waals surface area contributed by atoms with E-state index in [0.29, 0.717) is 18.0 Å². The van der Waals surface area contributed by atoms with Crippen LogP contribution >= 0.6 is 0 Å². The summed E-state index contributed by atoms with van der Waals surface area (Å²) in [6.07, 6.45) is 0. The maximum Gasteiger partial charge on any atom is 0.262 e. The smallest absolute Gasteiger partial charge is 0.262 e. The lowest BCUT2D eigenvalue weighted by Gasteiger charge is -2.13. The van der Waals surface area contributed by atoms with E-state index in [1.807, 2.05) is 103 Å². The van der Waals surface area contributed by atoms with Gasteiger partial charge < -0.3 is 24.8 Å². The van der Waals surface area contributed by atoms with Crippen LogP contribution in [0.15, 0.2) is 103 Å². The first-order valence-electron chi connectivity index (χ1n) is 10.9. The average Bonchev–Trinajstić information content (AvgIpc) is 2.88. The van der Waals surface area contributed by atoms with Gasteiger partial charge in [0.1, 0.15) is 11.5 Å². The summed E-state index contributed by atoms with van der Waals surface area (Å²) in [6.45, 7) is 0.490. The molecule has 4 aromatic carbocycles. The van der Waals surface area contributed by atoms with E-state index in [0.717, 1.165) is 28.4 Å². The van der Waals surface area contributed by atoms with Crippen molar-refractivity contribution in [2.75, 3.05) is 24.4 Å². The second kappa shape index (κ2) is 11.4. The topological polar surface area (TPSA) is 68.8 Å². The van der Waals surface area contributed by atoms with Crippen LogP contribution in [0.1, 0.15) is 5.56 Å². The molecule has 0 bridgehead atoms. The first kappa shape index (κ1) is 22.7. The third kappa shape index (κ3) is 6.53. The summed E-state index contributed by atoms with van der Waals surface area (Å²) in [5.74, 6) is 2.42. The molecule has 0 fully saturated rings. The van der Waals surface area contributed by atoms with E-state index in [-0.39, 0.29) is 12.5 Å². The molecular weight excluding hydrogens is 428 g/mol. The third-order valence-electron chi connectivity index (χ3n) is 4.97. The molecule has 34 heavy (non-hydrogen) atoms. The SMILES string of the molecule is COc1cc(CNc2ccc(Oc3ccccc3)cc2)ccc1OCC(=O)Nc1ccccc1. The van der Waals surface area contributed by atoms with Crippen LogP contribution in [0, 0.1) is 0 Å². The van der Waals surface area contributed by atoms with Crippen molar-refractivity contribution in [3.05, 3.63) is 109 Å². The van der Waals surface area contributed by atoms with E-state index in [9.17, 15) is 4.79 Å². The summed E-state index contributed by atoms with van der Waals surface area (Å²) >= 11 is 0. The Morgan fingerprint density at radius 3 is 2.12 bits per heavy atom. The standard InChI is InChI=1S/C28H26N2O4/c1-32-27-18-21(12-17-26(27)33-20-28(31)30-23-8-4-2-5-9-23)19-29-22-13-15-25(16-14-22)34-24-10-6-3-7-11-24/h2-18,29H,19-20H2,1H3,(H,30,31). The van der Waals surface area contributed by atoms with Gasteiger partial charge in [-0.1, -0.05) is 42.5 Å². The van der Waals surface area contributed by atoms with E-state index >= 15 is 0 Å². The number of rotatable bonds is 10. The highest BCUT2D eigenvalue weighted by Crippen LogP contribution is 2.29. The van der Waals surface area contributed by atoms with Crippen LogP contribution in [0.3, 0.4) is 0 Å². The van der Waals surface area contributed by atoms with Crippen LogP contribution < -0.4 is 24.8 Å². The number of benzene rings is 4. The second-order valence-corrected chi connectivity index (χ2v) is 7.48. The van der Waals surface area contributed by atoms with E-state index in [4.69, 9.17) is 14.2 Å². The Morgan fingerprint density at radius 1 is 0.735 bits per heavy atom. The highest BCUT2D eigenvalue weighted by Gasteiger charge is 2.09. The maximum atomic E-state index is 12.1. The Labute approximate surface area is 199 Å². The number of anilines is 2. The largest absolute Gasteiger partial charge is 0.493 e. The van der Waals surface area contributed by atoms with Gasteiger partial charge in [0.15, 0.2) is 18.1 Å². The Hall–Kier alpha value is -4.45. The molecule has 0 aliphatic carbocycles. The van der Waals surface area contributed by atoms with Gasteiger partial charge in [-0.15, -0.1) is 0 Å². The Balaban J connectivity index is 1.29. The fraction of sp³-hybridized carbons (Fsp3) is 0.107. The quantitative estimate of drug-likeness (QED) is 0.302. The van der Waals surface area contributed by atoms with Gasteiger partial charge in [0.05, 0.1) is 7.11 Å². The fourth-order valence-electron chi connectivity index (χ4n) is 3.27. The molecule has 0 spiro atoms. The highest BCUT2D eigenvalue weighted by atomic mass is 16.5. The zero-order valence-corrected chi connectivity index (χ0v) is 18.9. The molecule has 0 unspecified atom stereocenters. The number of nitrogens with one attached hydrogen (secondary N) is 2. The van der Waals surface area contributed by atoms with Crippen LogP contribution in [0.2, 0.25) is 0 Å². The molecule has 0 aliphatic heterocycles. The predicted octanol–water partition coefficient (Wildman–Crippen LogP) is 6.12. The van der Waals surface area contributed by atoms with Gasteiger partial charge in [-0.3, -0.25) is 4.79 Å². The summed E-state index contributed by atoms with van der Waals surface area (Å²) < 4.78 is 17.0. The fourth-order valence-corrected chi connectivity index (χ4v) is 3.27. The van der Waals surface area contributed by atoms with Gasteiger partial charge in [0.25, 0.3) is 5.91 Å². The molecule has 0 radical (unpaired) electrons. The Kier molecular flexibility index (Phi) is 7.64. The molecule has 0 aliphatic rings. The number of carbonyl (C=O) groups excluding carboxylic acids is 1. The van der Waals surface area contributed by atoms with Gasteiger partial charge in [-0.25, -0.2) is 0 Å². The Bertz CT molecular complexity index is 1200. The van der Waals surface area contributed by atoms with Crippen molar-refractivity contribution in [3.8, 4) is 23.0 Å². The van der Waals surface area contributed by atoms with Crippen LogP contribution in [-0.2, 0) is 11.3 Å². The number of ether oxygens (including phenoxy) is 3. The number of hydrogen-bond acceptors (Lipinski definition) is 5. The molecule has 2 N–H and O–H groups in total. The molecule has 0 atom stereocenters. The summed E-state index contributed by atoms with van der Waals surface area (Å²) in [4.78, 5) is 12.1. The molecule has 1 amide bonds. The molecule has 4 rings (SSSR count). The average molecular weight is 455 g/mol. The lowest BCUT2D eigenvalue weighted by molar-refractivity contribution is -0.118. The molecular formula is C28H26N2O4. The molecule has 0 heterocycles. The minimum atomic E-state index is -0.237. The van der Waals surface area contributed by atoms with Crippen molar-refractivity contribution in [1.82, 2.24) is 0 Å². The van der Waals surface area contributed by atoms with Crippen molar-refractivity contribution >= 4 is 17.3 Å². The van der Waals surface area contributed by atoms with Gasteiger partial charge in [-0.05, 0) is 66.2 Å². The molecule has 0 aromatic heterocycles. The van der Waals surface area contributed by atoms with Crippen molar-refractivity contribution in [1.29, 1.82) is 0 Å². The number of para-hydroxylation sites is 2. The van der Waals surface area contributed by atoms with E-state index < -0.39 is 0 Å². The number of hydrogen-bond donors (Lipinski definition) is 2. The zero-order chi connectivity index (χ0) is 23.6. The predicted molar refractivity (Wildman–Crippen MR) is 134 cm³/mol. The summed E-state index contributed by atoms with van der Waals surface area (Å²) in [6, 6.07) is 32.4. The lowest BCUT2D eigenvalue weighted by Crippen LogP contribution is -2.20. The molecule has 4 aromatic rings. The molecule has 6 nitrogen and oxygen atoms in total. The van der Waals surface area contributed by atoms with E-state index in [2.05, 4.69) is 10.6 Å². The van der Waals surface area contributed by atoms with E-state index in [1.54, 1.807) is 7.11 Å². The second-order valence-electron chi connectivity index (χ2n) is 7.48. The zero-order valence-electron chi connectivity index (χ0n) is 18.9. The number of amides is 1. The van der Waals surface area contributed by atoms with Crippen molar-refractivity contribution in [3.63, 3.8) is 0 Å². The summed E-state index contributed by atoms with van der Waals surface area (Å²) in [5.41, 5.74) is 2.71. The minimum absolute atomic E-state index is 0.111. The Morgan fingerprint density at radius 2 is 1.41 bits per heavy atom. The van der Waals surface area contributed by atoms with Gasteiger partial charge in [0, 0.05) is 17.9 Å². The monoisotopic (exact) mass is 454 g/mol.